The van der Waals surface area contributed by atoms with Crippen LogP contribution >= 0.6 is 11.8 Å². The van der Waals surface area contributed by atoms with Crippen molar-refractivity contribution in [3.63, 3.8) is 0 Å². The smallest absolute Gasteiger partial charge is 0.151 e. The Morgan fingerprint density at radius 1 is 1.08 bits per heavy atom. The van der Waals surface area contributed by atoms with Crippen molar-refractivity contribution in [3.8, 4) is 5.75 Å². The molecule has 0 radical (unpaired) electrons. The summed E-state index contributed by atoms with van der Waals surface area (Å²) in [5.41, 5.74) is 2.69. The highest BCUT2D eigenvalue weighted by atomic mass is 32.2. The van der Waals surface area contributed by atoms with E-state index in [1.165, 1.54) is 11.1 Å². The summed E-state index contributed by atoms with van der Waals surface area (Å²) in [7, 11) is 0. The molecule has 1 unspecified atom stereocenters. The number of benzene rings is 1. The van der Waals surface area contributed by atoms with Crippen molar-refractivity contribution >= 4 is 17.6 Å². The van der Waals surface area contributed by atoms with Crippen LogP contribution in [-0.2, 0) is 6.42 Å². The lowest BCUT2D eigenvalue weighted by atomic mass is 10.0. The van der Waals surface area contributed by atoms with Gasteiger partial charge in [0.05, 0.1) is 6.61 Å². The number of nitrogens with zero attached hydrogens (tertiary/aromatic N) is 4. The monoisotopic (exact) mass is 356 g/mol. The van der Waals surface area contributed by atoms with Gasteiger partial charge in [-0.25, -0.2) is 0 Å². The van der Waals surface area contributed by atoms with E-state index in [0.717, 1.165) is 55.8 Å². The first kappa shape index (κ1) is 16.7. The Balaban J connectivity index is 1.39. The maximum atomic E-state index is 5.73. The lowest BCUT2D eigenvalue weighted by Crippen LogP contribution is -2.47. The van der Waals surface area contributed by atoms with Crippen LogP contribution in [0.15, 0.2) is 35.4 Å². The van der Waals surface area contributed by atoms with Gasteiger partial charge in [0.25, 0.3) is 0 Å². The Morgan fingerprint density at radius 2 is 1.92 bits per heavy atom. The van der Waals surface area contributed by atoms with Gasteiger partial charge in [0.15, 0.2) is 5.82 Å². The van der Waals surface area contributed by atoms with Crippen molar-refractivity contribution in [2.45, 2.75) is 24.4 Å². The number of anilines is 1. The fraction of sp³-hybridized carbons (Fsp3) is 0.474. The van der Waals surface area contributed by atoms with Crippen LogP contribution in [0.25, 0.3) is 0 Å². The van der Waals surface area contributed by atoms with E-state index in [9.17, 15) is 0 Å². The van der Waals surface area contributed by atoms with Gasteiger partial charge in [-0.05, 0) is 42.5 Å². The van der Waals surface area contributed by atoms with Crippen LogP contribution in [0.5, 0.6) is 5.75 Å². The number of rotatable bonds is 4. The van der Waals surface area contributed by atoms with Crippen LogP contribution in [-0.4, -0.2) is 54.1 Å². The van der Waals surface area contributed by atoms with Crippen molar-refractivity contribution in [2.75, 3.05) is 43.9 Å². The van der Waals surface area contributed by atoms with Crippen LogP contribution in [0.1, 0.15) is 24.1 Å². The molecule has 2 aromatic rings. The molecule has 0 bridgehead atoms. The molecule has 0 amide bonds. The fourth-order valence-corrected chi connectivity index (χ4v) is 3.91. The normalized spacial score (nSPS) is 18.7. The first-order valence-electron chi connectivity index (χ1n) is 8.87. The maximum Gasteiger partial charge on any atom is 0.151 e. The second kappa shape index (κ2) is 7.22. The zero-order valence-corrected chi connectivity index (χ0v) is 15.6. The molecule has 3 heterocycles. The molecule has 6 heteroatoms. The van der Waals surface area contributed by atoms with Crippen LogP contribution in [0.3, 0.4) is 0 Å². The van der Waals surface area contributed by atoms with Gasteiger partial charge in [0.1, 0.15) is 10.8 Å². The van der Waals surface area contributed by atoms with Gasteiger partial charge in [0.2, 0.25) is 0 Å². The Bertz CT molecular complexity index is 729. The molecule has 0 spiro atoms. The van der Waals surface area contributed by atoms with Gasteiger partial charge in [-0.2, -0.15) is 0 Å². The lowest BCUT2D eigenvalue weighted by molar-refractivity contribution is 0.198. The van der Waals surface area contributed by atoms with Crippen LogP contribution in [0.2, 0.25) is 0 Å². The van der Waals surface area contributed by atoms with E-state index >= 15 is 0 Å². The first-order valence-corrected chi connectivity index (χ1v) is 10.1. The van der Waals surface area contributed by atoms with Gasteiger partial charge in [0, 0.05) is 38.6 Å². The average molecular weight is 356 g/mol. The third kappa shape index (κ3) is 3.46. The Morgan fingerprint density at radius 3 is 2.64 bits per heavy atom. The summed E-state index contributed by atoms with van der Waals surface area (Å²) in [6.45, 7) is 7.15. The van der Waals surface area contributed by atoms with E-state index in [4.69, 9.17) is 4.74 Å². The quantitative estimate of drug-likeness (QED) is 0.785. The second-order valence-corrected chi connectivity index (χ2v) is 7.43. The summed E-state index contributed by atoms with van der Waals surface area (Å²) in [5.74, 6) is 2.06. The third-order valence-corrected chi connectivity index (χ3v) is 5.86. The molecule has 2 aliphatic rings. The second-order valence-electron chi connectivity index (χ2n) is 6.60. The molecule has 1 atom stereocenters. The Kier molecular flexibility index (Phi) is 4.81. The first-order chi connectivity index (χ1) is 12.2. The summed E-state index contributed by atoms with van der Waals surface area (Å²) in [4.78, 5) is 4.86. The average Bonchev–Trinajstić information content (AvgIpc) is 3.15. The standard InChI is InChI=1S/C19H24N4OS/c1-14(16-4-3-15-7-12-24-17(15)13-16)22-8-10-23(11-9-22)18-5-6-19(25-2)21-20-18/h3-6,13-14H,7-12H2,1-2H3. The molecule has 0 aliphatic carbocycles. The summed E-state index contributed by atoms with van der Waals surface area (Å²) in [6, 6.07) is 11.3. The van der Waals surface area contributed by atoms with Crippen molar-refractivity contribution in [1.82, 2.24) is 15.1 Å². The van der Waals surface area contributed by atoms with E-state index in [1.807, 2.05) is 12.3 Å². The molecule has 0 N–H and O–H groups in total. The minimum atomic E-state index is 0.404. The third-order valence-electron chi connectivity index (χ3n) is 5.22. The van der Waals surface area contributed by atoms with Crippen LogP contribution < -0.4 is 9.64 Å². The molecular weight excluding hydrogens is 332 g/mol. The highest BCUT2D eigenvalue weighted by molar-refractivity contribution is 7.98. The van der Waals surface area contributed by atoms with Gasteiger partial charge in [-0.15, -0.1) is 22.0 Å². The molecule has 1 aromatic carbocycles. The number of ether oxygens (including phenoxy) is 1. The number of fused-ring (bicyclic) bond motifs is 1. The van der Waals surface area contributed by atoms with E-state index in [0.29, 0.717) is 6.04 Å². The summed E-state index contributed by atoms with van der Waals surface area (Å²) in [5, 5.41) is 9.58. The predicted octanol–water partition coefficient (Wildman–Crippen LogP) is 3.02. The summed E-state index contributed by atoms with van der Waals surface area (Å²) >= 11 is 1.62. The SMILES string of the molecule is CSc1ccc(N2CCN(C(C)c3ccc4c(c3)OCC4)CC2)nn1. The molecule has 1 saturated heterocycles. The summed E-state index contributed by atoms with van der Waals surface area (Å²) < 4.78 is 5.73. The Labute approximate surface area is 153 Å². The molecule has 25 heavy (non-hydrogen) atoms. The molecule has 1 aromatic heterocycles. The van der Waals surface area contributed by atoms with Gasteiger partial charge < -0.3 is 9.64 Å². The predicted molar refractivity (Wildman–Crippen MR) is 102 cm³/mol. The maximum absolute atomic E-state index is 5.73. The van der Waals surface area contributed by atoms with Crippen molar-refractivity contribution in [3.05, 3.63) is 41.5 Å². The minimum Gasteiger partial charge on any atom is -0.493 e. The van der Waals surface area contributed by atoms with Crippen LogP contribution in [0.4, 0.5) is 5.82 Å². The highest BCUT2D eigenvalue weighted by Crippen LogP contribution is 2.31. The van der Waals surface area contributed by atoms with E-state index in [2.05, 4.69) is 51.2 Å². The molecule has 1 fully saturated rings. The topological polar surface area (TPSA) is 41.5 Å². The molecule has 132 valence electrons. The zero-order valence-electron chi connectivity index (χ0n) is 14.8. The van der Waals surface area contributed by atoms with Crippen molar-refractivity contribution in [1.29, 1.82) is 0 Å². The van der Waals surface area contributed by atoms with E-state index < -0.39 is 0 Å². The molecule has 5 nitrogen and oxygen atoms in total. The molecular formula is C19H24N4OS. The number of piperazine rings is 1. The van der Waals surface area contributed by atoms with Gasteiger partial charge >= 0.3 is 0 Å². The Hall–Kier alpha value is -1.79. The summed E-state index contributed by atoms with van der Waals surface area (Å²) in [6.07, 6.45) is 3.06. The molecule has 4 rings (SSSR count). The number of hydrogen-bond donors (Lipinski definition) is 0. The molecule has 2 aliphatic heterocycles. The van der Waals surface area contributed by atoms with E-state index in [1.54, 1.807) is 11.8 Å². The zero-order chi connectivity index (χ0) is 17.2. The number of hydrogen-bond acceptors (Lipinski definition) is 6. The largest absolute Gasteiger partial charge is 0.493 e. The van der Waals surface area contributed by atoms with Crippen molar-refractivity contribution in [2.24, 2.45) is 0 Å². The highest BCUT2D eigenvalue weighted by Gasteiger charge is 2.24. The molecule has 0 saturated carbocycles. The van der Waals surface area contributed by atoms with Gasteiger partial charge in [-0.1, -0.05) is 12.1 Å². The minimum absolute atomic E-state index is 0.404. The van der Waals surface area contributed by atoms with Gasteiger partial charge in [-0.3, -0.25) is 4.90 Å². The lowest BCUT2D eigenvalue weighted by Gasteiger charge is -2.38. The number of aromatic nitrogens is 2. The van der Waals surface area contributed by atoms with Crippen molar-refractivity contribution < 1.29 is 4.74 Å². The van der Waals surface area contributed by atoms with Crippen LogP contribution in [0, 0.1) is 0 Å². The fourth-order valence-electron chi connectivity index (χ4n) is 3.58. The number of thioether (sulfide) groups is 1. The van der Waals surface area contributed by atoms with E-state index in [-0.39, 0.29) is 0 Å².